The number of benzene rings is 1. The summed E-state index contributed by atoms with van der Waals surface area (Å²) in [6.07, 6.45) is 1.53. The quantitative estimate of drug-likeness (QED) is 0.693. The molecule has 0 fully saturated rings. The van der Waals surface area contributed by atoms with Gasteiger partial charge < -0.3 is 4.57 Å². The van der Waals surface area contributed by atoms with Crippen molar-refractivity contribution in [3.63, 3.8) is 0 Å². The predicted octanol–water partition coefficient (Wildman–Crippen LogP) is 3.98. The van der Waals surface area contributed by atoms with Crippen LogP contribution in [-0.2, 0) is 17.1 Å². The number of sulfonamides is 1. The maximum Gasteiger partial charge on any atom is 0.260 e. The molecular weight excluding hydrogens is 366 g/mol. The largest absolute Gasteiger partial charge is 0.337 e. The highest BCUT2D eigenvalue weighted by molar-refractivity contribution is 7.89. The van der Waals surface area contributed by atoms with E-state index >= 15 is 0 Å². The van der Waals surface area contributed by atoms with Crippen LogP contribution >= 0.6 is 11.3 Å². The summed E-state index contributed by atoms with van der Waals surface area (Å²) in [6.45, 7) is 6.05. The van der Waals surface area contributed by atoms with Gasteiger partial charge in [-0.15, -0.1) is 11.3 Å². The van der Waals surface area contributed by atoms with E-state index in [0.29, 0.717) is 11.7 Å². The van der Waals surface area contributed by atoms with Crippen LogP contribution in [0.5, 0.6) is 0 Å². The number of nitrogens with zero attached hydrogens (tertiary/aromatic N) is 2. The summed E-state index contributed by atoms with van der Waals surface area (Å²) in [5.41, 5.74) is 2.13. The van der Waals surface area contributed by atoms with Crippen molar-refractivity contribution in [2.75, 3.05) is 0 Å². The molecule has 1 N–H and O–H groups in total. The molecule has 0 aliphatic heterocycles. The molecule has 0 aliphatic rings. The van der Waals surface area contributed by atoms with E-state index in [9.17, 15) is 8.42 Å². The molecule has 26 heavy (non-hydrogen) atoms. The standard InChI is InChI=1S/C19H23N3O2S2/c1-13(2)15-7-9-16(10-8-15)19(17-6-5-11-25-17)21-26(23,24)18-12-22(4)14(3)20-18/h5-13,19,21H,1-4H3. The van der Waals surface area contributed by atoms with Crippen LogP contribution in [-0.4, -0.2) is 18.0 Å². The average Bonchev–Trinajstić information content (AvgIpc) is 3.24. The van der Waals surface area contributed by atoms with Gasteiger partial charge >= 0.3 is 0 Å². The second-order valence-electron chi connectivity index (χ2n) is 6.63. The number of aromatic nitrogens is 2. The second kappa shape index (κ2) is 7.34. The third-order valence-corrected chi connectivity index (χ3v) is 6.63. The van der Waals surface area contributed by atoms with Crippen molar-refractivity contribution in [1.82, 2.24) is 14.3 Å². The number of thiophene rings is 1. The Hall–Kier alpha value is -1.96. The molecule has 5 nitrogen and oxygen atoms in total. The van der Waals surface area contributed by atoms with Crippen molar-refractivity contribution in [2.24, 2.45) is 7.05 Å². The smallest absolute Gasteiger partial charge is 0.260 e. The lowest BCUT2D eigenvalue weighted by molar-refractivity contribution is 0.569. The summed E-state index contributed by atoms with van der Waals surface area (Å²) in [5.74, 6) is 1.08. The molecule has 3 rings (SSSR count). The van der Waals surface area contributed by atoms with Gasteiger partial charge in [-0.1, -0.05) is 44.2 Å². The molecule has 0 amide bonds. The van der Waals surface area contributed by atoms with Gasteiger partial charge in [0, 0.05) is 18.1 Å². The molecule has 0 spiro atoms. The molecule has 0 bridgehead atoms. The van der Waals surface area contributed by atoms with E-state index in [1.807, 2.05) is 29.6 Å². The summed E-state index contributed by atoms with van der Waals surface area (Å²) in [6, 6.07) is 11.5. The number of aryl methyl sites for hydroxylation is 2. The monoisotopic (exact) mass is 389 g/mol. The van der Waals surface area contributed by atoms with Crippen LogP contribution in [0.15, 0.2) is 53.0 Å². The third kappa shape index (κ3) is 3.90. The Morgan fingerprint density at radius 2 is 1.77 bits per heavy atom. The fourth-order valence-electron chi connectivity index (χ4n) is 2.69. The Kier molecular flexibility index (Phi) is 5.32. The number of hydrogen-bond acceptors (Lipinski definition) is 4. The van der Waals surface area contributed by atoms with Gasteiger partial charge in [0.15, 0.2) is 5.03 Å². The van der Waals surface area contributed by atoms with E-state index in [1.165, 1.54) is 23.1 Å². The van der Waals surface area contributed by atoms with Gasteiger partial charge in [0.2, 0.25) is 0 Å². The summed E-state index contributed by atoms with van der Waals surface area (Å²) in [5, 5.41) is 1.99. The van der Waals surface area contributed by atoms with Crippen LogP contribution in [0.1, 0.15) is 47.6 Å². The number of imidazole rings is 1. The Morgan fingerprint density at radius 1 is 1.12 bits per heavy atom. The summed E-state index contributed by atoms with van der Waals surface area (Å²) >= 11 is 1.53. The first-order valence-corrected chi connectivity index (χ1v) is 10.8. The van der Waals surface area contributed by atoms with Gasteiger partial charge in [-0.2, -0.15) is 4.72 Å². The minimum Gasteiger partial charge on any atom is -0.337 e. The van der Waals surface area contributed by atoms with E-state index in [-0.39, 0.29) is 5.03 Å². The lowest BCUT2D eigenvalue weighted by atomic mass is 9.99. The molecule has 138 valence electrons. The Balaban J connectivity index is 1.97. The molecule has 0 aliphatic carbocycles. The maximum absolute atomic E-state index is 12.9. The normalized spacial score (nSPS) is 13.3. The summed E-state index contributed by atoms with van der Waals surface area (Å²) in [4.78, 5) is 5.11. The molecule has 1 atom stereocenters. The number of rotatable bonds is 6. The van der Waals surface area contributed by atoms with Gasteiger partial charge in [-0.25, -0.2) is 13.4 Å². The van der Waals surface area contributed by atoms with Crippen LogP contribution in [0.4, 0.5) is 0 Å². The minimum atomic E-state index is -3.74. The predicted molar refractivity (Wildman–Crippen MR) is 105 cm³/mol. The van der Waals surface area contributed by atoms with Crippen molar-refractivity contribution in [1.29, 1.82) is 0 Å². The first-order chi connectivity index (χ1) is 12.3. The molecular formula is C19H23N3O2S2. The van der Waals surface area contributed by atoms with Crippen LogP contribution in [0, 0.1) is 6.92 Å². The molecule has 0 saturated carbocycles. The lowest BCUT2D eigenvalue weighted by Gasteiger charge is -2.18. The molecule has 2 aromatic heterocycles. The highest BCUT2D eigenvalue weighted by Gasteiger charge is 2.26. The van der Waals surface area contributed by atoms with E-state index < -0.39 is 16.1 Å². The Bertz CT molecular complexity index is 953. The molecule has 0 saturated heterocycles. The highest BCUT2D eigenvalue weighted by Crippen LogP contribution is 2.29. The number of hydrogen-bond donors (Lipinski definition) is 1. The lowest BCUT2D eigenvalue weighted by Crippen LogP contribution is -2.29. The minimum absolute atomic E-state index is 0.0397. The zero-order chi connectivity index (χ0) is 18.9. The fraction of sp³-hybridized carbons (Fsp3) is 0.316. The fourth-order valence-corrected chi connectivity index (χ4v) is 4.81. The van der Waals surface area contributed by atoms with E-state index in [2.05, 4.69) is 35.7 Å². The molecule has 3 aromatic rings. The van der Waals surface area contributed by atoms with Crippen molar-refractivity contribution in [2.45, 2.75) is 37.8 Å². The van der Waals surface area contributed by atoms with Gasteiger partial charge in [-0.05, 0) is 35.4 Å². The summed E-state index contributed by atoms with van der Waals surface area (Å²) in [7, 11) is -1.96. The molecule has 0 radical (unpaired) electrons. The van der Waals surface area contributed by atoms with Gasteiger partial charge in [0.05, 0.1) is 6.04 Å². The van der Waals surface area contributed by atoms with Crippen molar-refractivity contribution >= 4 is 21.4 Å². The van der Waals surface area contributed by atoms with Crippen molar-refractivity contribution in [3.05, 3.63) is 69.8 Å². The van der Waals surface area contributed by atoms with Crippen LogP contribution in [0.2, 0.25) is 0 Å². The Morgan fingerprint density at radius 3 is 2.27 bits per heavy atom. The first-order valence-electron chi connectivity index (χ1n) is 8.43. The maximum atomic E-state index is 12.9. The first kappa shape index (κ1) is 18.8. The SMILES string of the molecule is Cc1nc(S(=O)(=O)NC(c2ccc(C(C)C)cc2)c2cccs2)cn1C. The van der Waals surface area contributed by atoms with E-state index in [1.54, 1.807) is 18.5 Å². The molecule has 7 heteroatoms. The van der Waals surface area contributed by atoms with Gasteiger partial charge in [-0.3, -0.25) is 0 Å². The van der Waals surface area contributed by atoms with Gasteiger partial charge in [0.1, 0.15) is 5.82 Å². The molecule has 1 aromatic carbocycles. The highest BCUT2D eigenvalue weighted by atomic mass is 32.2. The average molecular weight is 390 g/mol. The van der Waals surface area contributed by atoms with Crippen LogP contribution < -0.4 is 4.72 Å². The van der Waals surface area contributed by atoms with Crippen LogP contribution in [0.25, 0.3) is 0 Å². The zero-order valence-corrected chi connectivity index (χ0v) is 16.9. The van der Waals surface area contributed by atoms with Crippen molar-refractivity contribution < 1.29 is 8.42 Å². The molecule has 1 unspecified atom stereocenters. The topological polar surface area (TPSA) is 64.0 Å². The Labute approximate surface area is 158 Å². The van der Waals surface area contributed by atoms with Crippen LogP contribution in [0.3, 0.4) is 0 Å². The van der Waals surface area contributed by atoms with Gasteiger partial charge in [0.25, 0.3) is 10.0 Å². The van der Waals surface area contributed by atoms with Crippen molar-refractivity contribution in [3.8, 4) is 0 Å². The summed E-state index contributed by atoms with van der Waals surface area (Å²) < 4.78 is 30.3. The third-order valence-electron chi connectivity index (χ3n) is 4.40. The molecule has 2 heterocycles. The second-order valence-corrected chi connectivity index (χ2v) is 9.27. The van der Waals surface area contributed by atoms with E-state index in [0.717, 1.165) is 10.4 Å². The number of nitrogens with one attached hydrogen (secondary N) is 1. The zero-order valence-electron chi connectivity index (χ0n) is 15.3. The van der Waals surface area contributed by atoms with E-state index in [4.69, 9.17) is 0 Å².